The first-order valence-electron chi connectivity index (χ1n) is 4.30. The van der Waals surface area contributed by atoms with Gasteiger partial charge >= 0.3 is 0 Å². The van der Waals surface area contributed by atoms with Gasteiger partial charge in [-0.05, 0) is 32.0 Å². The molecule has 0 fully saturated rings. The van der Waals surface area contributed by atoms with E-state index in [0.717, 1.165) is 5.69 Å². The van der Waals surface area contributed by atoms with E-state index in [9.17, 15) is 5.11 Å². The lowest BCUT2D eigenvalue weighted by Gasteiger charge is -2.19. The van der Waals surface area contributed by atoms with Crippen LogP contribution < -0.4 is 5.32 Å². The molecule has 0 heterocycles. The maximum atomic E-state index is 9.50. The van der Waals surface area contributed by atoms with Crippen molar-refractivity contribution >= 4 is 28.9 Å². The molecule has 78 valence electrons. The molecule has 0 amide bonds. The summed E-state index contributed by atoms with van der Waals surface area (Å²) in [5, 5.41) is 13.7. The van der Waals surface area contributed by atoms with Crippen LogP contribution in [0.4, 0.5) is 5.69 Å². The second-order valence-electron chi connectivity index (χ2n) is 3.79. The molecule has 2 nitrogen and oxygen atoms in total. The van der Waals surface area contributed by atoms with Crippen LogP contribution in [-0.2, 0) is 0 Å². The molecule has 0 saturated heterocycles. The summed E-state index contributed by atoms with van der Waals surface area (Å²) < 4.78 is 0. The SMILES string of the molecule is CC(C)(O)CNc1cc(Cl)ccc1Cl. The zero-order valence-electron chi connectivity index (χ0n) is 8.14. The van der Waals surface area contributed by atoms with E-state index < -0.39 is 5.60 Å². The van der Waals surface area contributed by atoms with Gasteiger partial charge in [0.1, 0.15) is 0 Å². The number of halogens is 2. The zero-order chi connectivity index (χ0) is 10.8. The molecule has 0 unspecified atom stereocenters. The van der Waals surface area contributed by atoms with Gasteiger partial charge in [-0.3, -0.25) is 0 Å². The second-order valence-corrected chi connectivity index (χ2v) is 4.63. The van der Waals surface area contributed by atoms with Crippen LogP contribution in [0.15, 0.2) is 18.2 Å². The number of nitrogens with one attached hydrogen (secondary N) is 1. The Bertz CT molecular complexity index is 320. The van der Waals surface area contributed by atoms with Crippen LogP contribution in [0.25, 0.3) is 0 Å². The molecule has 0 aliphatic carbocycles. The highest BCUT2D eigenvalue weighted by Gasteiger charge is 2.12. The van der Waals surface area contributed by atoms with Gasteiger partial charge in [0.15, 0.2) is 0 Å². The first kappa shape index (κ1) is 11.6. The second kappa shape index (κ2) is 4.39. The minimum Gasteiger partial charge on any atom is -0.389 e. The van der Waals surface area contributed by atoms with Crippen molar-refractivity contribution in [1.29, 1.82) is 0 Å². The summed E-state index contributed by atoms with van der Waals surface area (Å²) in [6.07, 6.45) is 0. The predicted octanol–water partition coefficient (Wildman–Crippen LogP) is 3.18. The van der Waals surface area contributed by atoms with Gasteiger partial charge in [0.2, 0.25) is 0 Å². The number of anilines is 1. The maximum Gasteiger partial charge on any atom is 0.0763 e. The molecular formula is C10H13Cl2NO. The Hall–Kier alpha value is -0.440. The van der Waals surface area contributed by atoms with Gasteiger partial charge in [-0.15, -0.1) is 0 Å². The average molecular weight is 234 g/mol. The van der Waals surface area contributed by atoms with E-state index in [1.165, 1.54) is 0 Å². The number of aliphatic hydroxyl groups is 1. The fourth-order valence-corrected chi connectivity index (χ4v) is 1.30. The van der Waals surface area contributed by atoms with Gasteiger partial charge in [-0.25, -0.2) is 0 Å². The monoisotopic (exact) mass is 233 g/mol. The third kappa shape index (κ3) is 3.74. The molecular weight excluding hydrogens is 221 g/mol. The third-order valence-electron chi connectivity index (χ3n) is 1.64. The van der Waals surface area contributed by atoms with Crippen molar-refractivity contribution in [3.63, 3.8) is 0 Å². The van der Waals surface area contributed by atoms with Crippen molar-refractivity contribution in [2.75, 3.05) is 11.9 Å². The number of hydrogen-bond acceptors (Lipinski definition) is 2. The van der Waals surface area contributed by atoms with Crippen molar-refractivity contribution < 1.29 is 5.11 Å². The molecule has 0 aromatic heterocycles. The predicted molar refractivity (Wildman–Crippen MR) is 61.2 cm³/mol. The highest BCUT2D eigenvalue weighted by atomic mass is 35.5. The molecule has 1 rings (SSSR count). The van der Waals surface area contributed by atoms with Gasteiger partial charge < -0.3 is 10.4 Å². The lowest BCUT2D eigenvalue weighted by atomic mass is 10.1. The lowest BCUT2D eigenvalue weighted by Crippen LogP contribution is -2.29. The molecule has 0 aliphatic rings. The van der Waals surface area contributed by atoms with Crippen LogP contribution in [0, 0.1) is 0 Å². The van der Waals surface area contributed by atoms with Crippen molar-refractivity contribution in [1.82, 2.24) is 0 Å². The fraction of sp³-hybridized carbons (Fsp3) is 0.400. The molecule has 0 radical (unpaired) electrons. The van der Waals surface area contributed by atoms with Crippen molar-refractivity contribution in [3.8, 4) is 0 Å². The molecule has 14 heavy (non-hydrogen) atoms. The molecule has 1 aromatic carbocycles. The summed E-state index contributed by atoms with van der Waals surface area (Å²) in [6, 6.07) is 5.17. The largest absolute Gasteiger partial charge is 0.389 e. The summed E-state index contributed by atoms with van der Waals surface area (Å²) >= 11 is 11.7. The van der Waals surface area contributed by atoms with Crippen LogP contribution in [0.3, 0.4) is 0 Å². The van der Waals surface area contributed by atoms with E-state index in [-0.39, 0.29) is 0 Å². The van der Waals surface area contributed by atoms with E-state index in [1.54, 1.807) is 32.0 Å². The molecule has 0 spiro atoms. The average Bonchev–Trinajstić information content (AvgIpc) is 2.05. The number of hydrogen-bond donors (Lipinski definition) is 2. The van der Waals surface area contributed by atoms with Gasteiger partial charge in [0.05, 0.1) is 16.3 Å². The zero-order valence-corrected chi connectivity index (χ0v) is 9.65. The van der Waals surface area contributed by atoms with E-state index in [0.29, 0.717) is 16.6 Å². The Balaban J connectivity index is 2.72. The fourth-order valence-electron chi connectivity index (χ4n) is 0.944. The van der Waals surface area contributed by atoms with Crippen LogP contribution in [0.2, 0.25) is 10.0 Å². The van der Waals surface area contributed by atoms with Crippen molar-refractivity contribution in [3.05, 3.63) is 28.2 Å². The highest BCUT2D eigenvalue weighted by molar-refractivity contribution is 6.35. The number of benzene rings is 1. The first-order valence-corrected chi connectivity index (χ1v) is 5.05. The molecule has 0 saturated carbocycles. The topological polar surface area (TPSA) is 32.3 Å². The molecule has 0 atom stereocenters. The van der Waals surface area contributed by atoms with Crippen LogP contribution in [0.5, 0.6) is 0 Å². The van der Waals surface area contributed by atoms with Crippen LogP contribution in [0.1, 0.15) is 13.8 Å². The molecule has 0 aliphatic heterocycles. The summed E-state index contributed by atoms with van der Waals surface area (Å²) in [6.45, 7) is 3.87. The third-order valence-corrected chi connectivity index (χ3v) is 2.20. The summed E-state index contributed by atoms with van der Waals surface area (Å²) in [7, 11) is 0. The standard InChI is InChI=1S/C10H13Cl2NO/c1-10(2,14)6-13-9-5-7(11)3-4-8(9)12/h3-5,13-14H,6H2,1-2H3. The Morgan fingerprint density at radius 2 is 2.00 bits per heavy atom. The summed E-state index contributed by atoms with van der Waals surface area (Å²) in [5.74, 6) is 0. The summed E-state index contributed by atoms with van der Waals surface area (Å²) in [4.78, 5) is 0. The van der Waals surface area contributed by atoms with E-state index in [1.807, 2.05) is 0 Å². The van der Waals surface area contributed by atoms with Gasteiger partial charge in [-0.1, -0.05) is 23.2 Å². The number of rotatable bonds is 3. The highest BCUT2D eigenvalue weighted by Crippen LogP contribution is 2.25. The Kier molecular flexibility index (Phi) is 3.65. The molecule has 2 N–H and O–H groups in total. The lowest BCUT2D eigenvalue weighted by molar-refractivity contribution is 0.0945. The van der Waals surface area contributed by atoms with Crippen molar-refractivity contribution in [2.45, 2.75) is 19.4 Å². The van der Waals surface area contributed by atoms with E-state index in [4.69, 9.17) is 23.2 Å². The Morgan fingerprint density at radius 3 is 2.57 bits per heavy atom. The van der Waals surface area contributed by atoms with Gasteiger partial charge in [0, 0.05) is 11.6 Å². The Morgan fingerprint density at radius 1 is 1.36 bits per heavy atom. The molecule has 1 aromatic rings. The summed E-state index contributed by atoms with van der Waals surface area (Å²) in [5.41, 5.74) is -0.0349. The van der Waals surface area contributed by atoms with E-state index in [2.05, 4.69) is 5.32 Å². The Labute approximate surface area is 93.8 Å². The smallest absolute Gasteiger partial charge is 0.0763 e. The minimum absolute atomic E-state index is 0.424. The van der Waals surface area contributed by atoms with Crippen LogP contribution >= 0.6 is 23.2 Å². The molecule has 4 heteroatoms. The van der Waals surface area contributed by atoms with E-state index >= 15 is 0 Å². The quantitative estimate of drug-likeness (QED) is 0.841. The maximum absolute atomic E-state index is 9.50. The minimum atomic E-state index is -0.772. The molecule has 0 bridgehead atoms. The van der Waals surface area contributed by atoms with Gasteiger partial charge in [-0.2, -0.15) is 0 Å². The van der Waals surface area contributed by atoms with Crippen LogP contribution in [-0.4, -0.2) is 17.3 Å². The normalized spacial score (nSPS) is 11.5. The first-order chi connectivity index (χ1) is 6.38. The van der Waals surface area contributed by atoms with Gasteiger partial charge in [0.25, 0.3) is 0 Å². The van der Waals surface area contributed by atoms with Crippen molar-refractivity contribution in [2.24, 2.45) is 0 Å².